The van der Waals surface area contributed by atoms with Gasteiger partial charge in [0.05, 0.1) is 14.9 Å². The van der Waals surface area contributed by atoms with Gasteiger partial charge >= 0.3 is 11.9 Å². The Hall–Kier alpha value is -6.62. The van der Waals surface area contributed by atoms with Crippen molar-refractivity contribution in [2.75, 3.05) is 0 Å². The molecule has 12 unspecified atom stereocenters. The van der Waals surface area contributed by atoms with Crippen LogP contribution in [0.5, 0.6) is 0 Å². The molecule has 4 aromatic rings. The first kappa shape index (κ1) is 68.9. The summed E-state index contributed by atoms with van der Waals surface area (Å²) in [6.45, 7) is 22.1. The molecule has 0 saturated heterocycles. The maximum Gasteiger partial charge on any atom is 0.302 e. The molecule has 0 aliphatic heterocycles. The summed E-state index contributed by atoms with van der Waals surface area (Å²) in [4.78, 5) is 40.4. The van der Waals surface area contributed by atoms with Crippen molar-refractivity contribution in [2.24, 2.45) is 114 Å². The zero-order chi connectivity index (χ0) is 81.7. The highest BCUT2D eigenvalue weighted by molar-refractivity contribution is 5.75. The summed E-state index contributed by atoms with van der Waals surface area (Å²) >= 11 is 0. The van der Waals surface area contributed by atoms with Crippen LogP contribution in [0, 0.1) is 114 Å². The Morgan fingerprint density at radius 3 is 0.982 bits per heavy atom. The minimum absolute atomic E-state index is 0.00526. The number of hydrogen-bond acceptors (Lipinski definition) is 10. The number of ether oxygens (including phenoxy) is 2. The van der Waals surface area contributed by atoms with Gasteiger partial charge < -0.3 is 19.7 Å². The van der Waals surface area contributed by atoms with Crippen molar-refractivity contribution in [2.45, 2.75) is 273 Å². The van der Waals surface area contributed by atoms with Crippen molar-refractivity contribution in [1.29, 1.82) is 0 Å². The molecule has 24 atom stereocenters. The molecule has 0 aromatic carbocycles. The van der Waals surface area contributed by atoms with E-state index in [0.29, 0.717) is 72.0 Å². The van der Waals surface area contributed by atoms with E-state index in [1.165, 1.54) is 106 Å². The van der Waals surface area contributed by atoms with E-state index >= 15 is 0 Å². The number of carbonyl (C=O) groups is 2. The summed E-state index contributed by atoms with van der Waals surface area (Å²) in [5.74, 6) is 4.69. The average Bonchev–Trinajstić information content (AvgIpc) is 1.37. The van der Waals surface area contributed by atoms with Gasteiger partial charge in [0, 0.05) is 81.7 Å². The van der Waals surface area contributed by atoms with Gasteiger partial charge in [-0.2, -0.15) is 0 Å². The molecule has 4 aromatic heterocycles. The van der Waals surface area contributed by atoms with Crippen LogP contribution in [0.1, 0.15) is 279 Å². The van der Waals surface area contributed by atoms with Gasteiger partial charge in [0.15, 0.2) is 0 Å². The van der Waals surface area contributed by atoms with Gasteiger partial charge in [0.1, 0.15) is 12.2 Å². The van der Waals surface area contributed by atoms with Crippen LogP contribution in [0.3, 0.4) is 0 Å². The average molecular weight is 1490 g/mol. The third kappa shape index (κ3) is 12.9. The predicted molar refractivity (Wildman–Crippen MR) is 440 cm³/mol. The smallest absolute Gasteiger partial charge is 0.302 e. The first-order valence-electron chi connectivity index (χ1n) is 46.1. The summed E-state index contributed by atoms with van der Waals surface area (Å²) in [5.41, 5.74) is 16.3. The number of aliphatic hydroxyl groups is 2. The molecule has 2 N–H and O–H groups in total. The predicted octanol–water partition coefficient (Wildman–Crippen LogP) is 22.7. The van der Waals surface area contributed by atoms with Gasteiger partial charge in [-0.1, -0.05) is 151 Å². The van der Waals surface area contributed by atoms with Crippen molar-refractivity contribution in [3.8, 4) is 0 Å². The van der Waals surface area contributed by atoms with Crippen LogP contribution >= 0.6 is 0 Å². The van der Waals surface area contributed by atoms with E-state index in [0.717, 1.165) is 141 Å². The summed E-state index contributed by atoms with van der Waals surface area (Å²) in [6.07, 6.45) is 51.1. The monoisotopic (exact) mass is 1490 g/mol. The molecule has 8 saturated carbocycles. The molecule has 0 bridgehead atoms. The second-order valence-corrected chi connectivity index (χ2v) is 39.2. The van der Waals surface area contributed by atoms with Gasteiger partial charge in [-0.05, 0) is 350 Å². The number of aromatic nitrogens is 4. The molecule has 20 rings (SSSR count). The summed E-state index contributed by atoms with van der Waals surface area (Å²) in [5, 5.41) is 20.4. The molecular formula is C100H128N4O6. The second kappa shape index (κ2) is 29.3. The number of rotatable bonds is 6. The Kier molecular flexibility index (Phi) is 18.4. The number of hydrogen-bond donors (Lipinski definition) is 2. The van der Waals surface area contributed by atoms with E-state index in [1.807, 2.05) is 86.0 Å². The summed E-state index contributed by atoms with van der Waals surface area (Å²) in [6, 6.07) is 18.5. The van der Waals surface area contributed by atoms with E-state index in [9.17, 15) is 19.8 Å². The molecule has 10 heteroatoms. The maximum atomic E-state index is 11.5. The fourth-order valence-electron chi connectivity index (χ4n) is 28.1. The second-order valence-electron chi connectivity index (χ2n) is 39.2. The fourth-order valence-corrected chi connectivity index (χ4v) is 28.1. The molecule has 0 spiro atoms. The van der Waals surface area contributed by atoms with Gasteiger partial charge in [-0.25, -0.2) is 0 Å². The molecule has 10 nitrogen and oxygen atoms in total. The highest BCUT2D eigenvalue weighted by atomic mass is 16.5. The number of allylic oxidation sites excluding steroid dienone is 12. The summed E-state index contributed by atoms with van der Waals surface area (Å²) < 4.78 is 65.1. The number of nitrogens with zero attached hydrogens (tertiary/aromatic N) is 4. The molecule has 16 aliphatic carbocycles. The van der Waals surface area contributed by atoms with E-state index in [4.69, 9.17) is 17.7 Å². The molecule has 4 heterocycles. The lowest BCUT2D eigenvalue weighted by atomic mass is 9.47. The Morgan fingerprint density at radius 1 is 0.364 bits per heavy atom. The minimum atomic E-state index is -1.35. The van der Waals surface area contributed by atoms with Crippen LogP contribution in [-0.2, 0) is 19.1 Å². The molecule has 110 heavy (non-hydrogen) atoms. The van der Waals surface area contributed by atoms with Crippen LogP contribution in [0.15, 0.2) is 169 Å². The number of aliphatic hydroxyl groups excluding tert-OH is 2. The lowest BCUT2D eigenvalue weighted by molar-refractivity contribution is -0.149. The highest BCUT2D eigenvalue weighted by Crippen LogP contribution is 2.72. The third-order valence-electron chi connectivity index (χ3n) is 34.2. The number of fused-ring (bicyclic) bond motifs is 20. The van der Waals surface area contributed by atoms with Crippen LogP contribution in [0.4, 0.5) is 0 Å². The van der Waals surface area contributed by atoms with E-state index in [-0.39, 0.29) is 91.5 Å². The van der Waals surface area contributed by atoms with Gasteiger partial charge in [0.25, 0.3) is 0 Å². The largest absolute Gasteiger partial charge is 0.462 e. The van der Waals surface area contributed by atoms with Crippen molar-refractivity contribution in [3.63, 3.8) is 0 Å². The minimum Gasteiger partial charge on any atom is -0.462 e. The molecule has 0 amide bonds. The van der Waals surface area contributed by atoms with Crippen LogP contribution in [-0.4, -0.2) is 66.5 Å². The normalized spacial score (nSPS) is 44.4. The van der Waals surface area contributed by atoms with Crippen molar-refractivity contribution in [3.05, 3.63) is 191 Å². The molecule has 8 fully saturated rings. The zero-order valence-electron chi connectivity index (χ0n) is 73.6. The van der Waals surface area contributed by atoms with Gasteiger partial charge in [-0.15, -0.1) is 0 Å². The molecule has 0 radical (unpaired) electrons. The third-order valence-corrected chi connectivity index (χ3v) is 34.2. The molecule has 16 aliphatic rings. The Labute approximate surface area is 667 Å². The lowest BCUT2D eigenvalue weighted by Crippen LogP contribution is -2.50. The Balaban J connectivity index is 0.000000111. The number of esters is 2. The topological polar surface area (TPSA) is 145 Å². The highest BCUT2D eigenvalue weighted by Gasteiger charge is 2.62. The zero-order valence-corrected chi connectivity index (χ0v) is 67.6. The quantitative estimate of drug-likeness (QED) is 0.141. The standard InChI is InChI=1S/2C26H33NO2.2C24H31NO/c2*1-17(28)29-20-10-12-25(2)19(15-20)6-7-21-23-9-8-22(18-5-4-14-27-16-18)26(23,3)13-11-24(21)25;2*1-23-11-9-18(26)14-17(23)5-6-19-21-8-7-20(16-4-3-13-25-15-16)24(21,2)12-10-22(19)23/h2*4-6,8,14,16,20-21,23-24H,7,9-13,15H2,1-3H3;2*3-5,7,13,15,18-19,21-22,26H,6,8-12,14H2,1-2H3/t2*20-,21?,23?,24?,25-,26+;2*18-,19?,21?,22?,23-,24+/m0000/s1/i7D2;6D;6D2;5D. The summed E-state index contributed by atoms with van der Waals surface area (Å²) in [7, 11) is 0. The SMILES string of the molecule is [2H]C1([2H])C=C2C[C@@H](O)CC[C@]2(C)C2CC[C@]3(C)C(c4cccnc4)=CCC3C21.[2H]C1([2H])C=C2C[C@@H](OC(C)=O)CC[C@]2(C)C2CC[C@]3(C)C(c4cccnc4)=CCC3C21.[2H]C1=C2C[C@@H](O)CC[C@]2(C)C2CC[C@]3(C)C(c4cccnc4)=CCC3C2C1.[2H]C1=C2C[C@@H](OC(C)=O)CC[C@]2(C)C2CC[C@]3(C)C(c4cccnc4)=CCC3C2C1. The maximum absolute atomic E-state index is 11.5. The van der Waals surface area contributed by atoms with E-state index in [2.05, 4.69) is 124 Å². The van der Waals surface area contributed by atoms with E-state index < -0.39 is 12.7 Å². The van der Waals surface area contributed by atoms with Gasteiger partial charge in [-0.3, -0.25) is 29.5 Å². The Bertz CT molecular complexity index is 4710. The van der Waals surface area contributed by atoms with Crippen LogP contribution in [0.25, 0.3) is 22.3 Å². The van der Waals surface area contributed by atoms with Crippen LogP contribution < -0.4 is 0 Å². The number of carbonyl (C=O) groups excluding carboxylic acids is 2. The molecule has 584 valence electrons. The number of pyridine rings is 4. The van der Waals surface area contributed by atoms with Gasteiger partial charge in [0.2, 0.25) is 0 Å². The van der Waals surface area contributed by atoms with Crippen molar-refractivity contribution >= 4 is 34.2 Å². The first-order valence-corrected chi connectivity index (χ1v) is 43.1. The lowest BCUT2D eigenvalue weighted by Gasteiger charge is -2.57. The van der Waals surface area contributed by atoms with Crippen molar-refractivity contribution in [1.82, 2.24) is 19.9 Å². The molecular weight excluding hydrogens is 1350 g/mol. The van der Waals surface area contributed by atoms with E-state index in [1.54, 1.807) is 0 Å². The first-order chi connectivity index (χ1) is 55.2. The fraction of sp³-hybridized carbons (Fsp3) is 0.620. The van der Waals surface area contributed by atoms with Crippen molar-refractivity contribution < 1.29 is 37.5 Å². The van der Waals surface area contributed by atoms with Crippen LogP contribution in [0.2, 0.25) is 0 Å². The Morgan fingerprint density at radius 2 is 0.645 bits per heavy atom.